The Morgan fingerprint density at radius 2 is 2.19 bits per heavy atom. The van der Waals surface area contributed by atoms with Crippen molar-refractivity contribution < 1.29 is 9.84 Å². The summed E-state index contributed by atoms with van der Waals surface area (Å²) in [6, 6.07) is 4.84. The number of benzene rings is 1. The van der Waals surface area contributed by atoms with Gasteiger partial charge in [0.2, 0.25) is 0 Å². The van der Waals surface area contributed by atoms with Crippen molar-refractivity contribution in [2.45, 2.75) is 19.4 Å². The van der Waals surface area contributed by atoms with Gasteiger partial charge in [0.25, 0.3) is 0 Å². The molecule has 0 bridgehead atoms. The van der Waals surface area contributed by atoms with Gasteiger partial charge >= 0.3 is 0 Å². The van der Waals surface area contributed by atoms with E-state index in [9.17, 15) is 5.11 Å². The van der Waals surface area contributed by atoms with Crippen LogP contribution in [0.2, 0.25) is 0 Å². The first-order chi connectivity index (χ1) is 7.06. The maximum absolute atomic E-state index is 9.72. The number of aromatic hydroxyl groups is 1. The van der Waals surface area contributed by atoms with E-state index < -0.39 is 0 Å². The summed E-state index contributed by atoms with van der Waals surface area (Å²) in [6.45, 7) is 5.71. The first-order valence-electron chi connectivity index (χ1n) is 4.82. The molecule has 0 aliphatic heterocycles. The van der Waals surface area contributed by atoms with Crippen molar-refractivity contribution in [1.82, 2.24) is 0 Å². The molecule has 0 amide bonds. The van der Waals surface area contributed by atoms with Crippen LogP contribution >= 0.6 is 12.4 Å². The van der Waals surface area contributed by atoms with Gasteiger partial charge in [0.1, 0.15) is 11.5 Å². The van der Waals surface area contributed by atoms with E-state index in [1.807, 2.05) is 6.92 Å². The van der Waals surface area contributed by atoms with E-state index in [1.54, 1.807) is 25.3 Å². The highest BCUT2D eigenvalue weighted by atomic mass is 35.5. The molecule has 0 saturated heterocycles. The van der Waals surface area contributed by atoms with Crippen LogP contribution in [0.25, 0.3) is 0 Å². The molecule has 4 heteroatoms. The van der Waals surface area contributed by atoms with E-state index in [4.69, 9.17) is 10.5 Å². The van der Waals surface area contributed by atoms with Crippen LogP contribution in [0.4, 0.5) is 0 Å². The molecular weight excluding hydrogens is 226 g/mol. The first kappa shape index (κ1) is 14.8. The zero-order chi connectivity index (χ0) is 11.4. The van der Waals surface area contributed by atoms with Gasteiger partial charge in [-0.05, 0) is 25.5 Å². The van der Waals surface area contributed by atoms with Crippen molar-refractivity contribution in [3.8, 4) is 11.5 Å². The summed E-state index contributed by atoms with van der Waals surface area (Å²) >= 11 is 0. The van der Waals surface area contributed by atoms with Crippen LogP contribution in [-0.4, -0.2) is 12.2 Å². The molecule has 1 aromatic rings. The van der Waals surface area contributed by atoms with Gasteiger partial charge in [-0.25, -0.2) is 0 Å². The largest absolute Gasteiger partial charge is 0.507 e. The van der Waals surface area contributed by atoms with Gasteiger partial charge in [0.05, 0.1) is 12.7 Å². The third-order valence-corrected chi connectivity index (χ3v) is 2.20. The van der Waals surface area contributed by atoms with Crippen LogP contribution in [0.1, 0.15) is 24.9 Å². The predicted octanol–water partition coefficient (Wildman–Crippen LogP) is 2.79. The van der Waals surface area contributed by atoms with E-state index >= 15 is 0 Å². The molecule has 0 spiro atoms. The van der Waals surface area contributed by atoms with E-state index in [2.05, 4.69) is 6.58 Å². The normalized spacial score (nSPS) is 11.4. The molecule has 0 heterocycles. The van der Waals surface area contributed by atoms with Crippen LogP contribution in [0.15, 0.2) is 30.4 Å². The summed E-state index contributed by atoms with van der Waals surface area (Å²) in [5, 5.41) is 9.72. The molecule has 0 saturated carbocycles. The van der Waals surface area contributed by atoms with Crippen molar-refractivity contribution in [2.75, 3.05) is 7.11 Å². The van der Waals surface area contributed by atoms with E-state index in [0.29, 0.717) is 17.7 Å². The summed E-state index contributed by atoms with van der Waals surface area (Å²) in [5.41, 5.74) is 7.59. The third kappa shape index (κ3) is 3.43. The molecule has 1 atom stereocenters. The lowest BCUT2D eigenvalue weighted by Gasteiger charge is -2.16. The van der Waals surface area contributed by atoms with E-state index in [-0.39, 0.29) is 24.2 Å². The monoisotopic (exact) mass is 243 g/mol. The van der Waals surface area contributed by atoms with Gasteiger partial charge in [0, 0.05) is 6.04 Å². The Morgan fingerprint density at radius 3 is 2.69 bits per heavy atom. The standard InChI is InChI=1S/C12H17NO2.ClH/c1-8(2)7-9(13)12-10(14)5-4-6-11(12)15-3;/h4-6,9,14H,1,7,13H2,2-3H3;1H/t9-;/m1./s1. The molecule has 90 valence electrons. The fourth-order valence-electron chi connectivity index (χ4n) is 1.56. The highest BCUT2D eigenvalue weighted by Crippen LogP contribution is 2.34. The maximum atomic E-state index is 9.72. The molecule has 0 unspecified atom stereocenters. The molecular formula is C12H18ClNO2. The number of nitrogens with two attached hydrogens (primary N) is 1. The Labute approximate surface area is 102 Å². The smallest absolute Gasteiger partial charge is 0.127 e. The predicted molar refractivity (Wildman–Crippen MR) is 68.3 cm³/mol. The lowest BCUT2D eigenvalue weighted by molar-refractivity contribution is 0.393. The van der Waals surface area contributed by atoms with Gasteiger partial charge in [-0.3, -0.25) is 0 Å². The minimum Gasteiger partial charge on any atom is -0.507 e. The summed E-state index contributed by atoms with van der Waals surface area (Å²) in [6.07, 6.45) is 0.633. The second-order valence-corrected chi connectivity index (χ2v) is 3.66. The topological polar surface area (TPSA) is 55.5 Å². The summed E-state index contributed by atoms with van der Waals surface area (Å²) in [5.74, 6) is 0.784. The lowest BCUT2D eigenvalue weighted by Crippen LogP contribution is -2.12. The molecule has 1 rings (SSSR count). The second-order valence-electron chi connectivity index (χ2n) is 3.66. The molecule has 0 aliphatic rings. The molecule has 3 nitrogen and oxygen atoms in total. The van der Waals surface area contributed by atoms with E-state index in [1.165, 1.54) is 0 Å². The number of rotatable bonds is 4. The maximum Gasteiger partial charge on any atom is 0.127 e. The quantitative estimate of drug-likeness (QED) is 0.800. The van der Waals surface area contributed by atoms with Crippen LogP contribution < -0.4 is 10.5 Å². The Balaban J connectivity index is 0.00000225. The summed E-state index contributed by atoms with van der Waals surface area (Å²) in [4.78, 5) is 0. The molecule has 3 N–H and O–H groups in total. The van der Waals surface area contributed by atoms with Gasteiger partial charge < -0.3 is 15.6 Å². The molecule has 0 aromatic heterocycles. The fourth-order valence-corrected chi connectivity index (χ4v) is 1.56. The number of methoxy groups -OCH3 is 1. The summed E-state index contributed by atoms with van der Waals surface area (Å²) in [7, 11) is 1.56. The third-order valence-electron chi connectivity index (χ3n) is 2.20. The number of hydrogen-bond acceptors (Lipinski definition) is 3. The first-order valence-corrected chi connectivity index (χ1v) is 4.82. The molecule has 0 fully saturated rings. The minimum atomic E-state index is -0.279. The molecule has 1 aromatic carbocycles. The Bertz CT molecular complexity index is 366. The molecule has 0 radical (unpaired) electrons. The van der Waals surface area contributed by atoms with E-state index in [0.717, 1.165) is 5.57 Å². The highest BCUT2D eigenvalue weighted by Gasteiger charge is 2.16. The lowest BCUT2D eigenvalue weighted by atomic mass is 9.99. The van der Waals surface area contributed by atoms with Gasteiger partial charge in [-0.2, -0.15) is 0 Å². The Hall–Kier alpha value is -1.19. The zero-order valence-electron chi connectivity index (χ0n) is 9.56. The average molecular weight is 244 g/mol. The fraction of sp³-hybridized carbons (Fsp3) is 0.333. The molecule has 0 aliphatic carbocycles. The highest BCUT2D eigenvalue weighted by molar-refractivity contribution is 5.85. The van der Waals surface area contributed by atoms with Crippen LogP contribution in [-0.2, 0) is 0 Å². The summed E-state index contributed by atoms with van der Waals surface area (Å²) < 4.78 is 5.16. The van der Waals surface area contributed by atoms with Crippen LogP contribution in [0, 0.1) is 0 Å². The zero-order valence-corrected chi connectivity index (χ0v) is 10.4. The minimum absolute atomic E-state index is 0. The Kier molecular flexibility index (Phi) is 5.93. The van der Waals surface area contributed by atoms with Gasteiger partial charge in [0.15, 0.2) is 0 Å². The van der Waals surface area contributed by atoms with Gasteiger partial charge in [-0.1, -0.05) is 11.6 Å². The number of hydrogen-bond donors (Lipinski definition) is 2. The van der Waals surface area contributed by atoms with Crippen LogP contribution in [0.3, 0.4) is 0 Å². The van der Waals surface area contributed by atoms with Crippen molar-refractivity contribution in [3.05, 3.63) is 35.9 Å². The number of ether oxygens (including phenoxy) is 1. The molecule has 16 heavy (non-hydrogen) atoms. The number of phenolic OH excluding ortho intramolecular Hbond substituents is 1. The van der Waals surface area contributed by atoms with Crippen molar-refractivity contribution >= 4 is 12.4 Å². The van der Waals surface area contributed by atoms with Crippen molar-refractivity contribution in [3.63, 3.8) is 0 Å². The van der Waals surface area contributed by atoms with Crippen molar-refractivity contribution in [1.29, 1.82) is 0 Å². The number of phenols is 1. The number of halogens is 1. The Morgan fingerprint density at radius 1 is 1.56 bits per heavy atom. The second kappa shape index (κ2) is 6.40. The van der Waals surface area contributed by atoms with Crippen molar-refractivity contribution in [2.24, 2.45) is 5.73 Å². The SMILES string of the molecule is C=C(C)C[C@@H](N)c1c(O)cccc1OC.Cl. The van der Waals surface area contributed by atoms with Crippen LogP contribution in [0.5, 0.6) is 11.5 Å². The van der Waals surface area contributed by atoms with Gasteiger partial charge in [-0.15, -0.1) is 19.0 Å². The average Bonchev–Trinajstić information content (AvgIpc) is 2.15.